The van der Waals surface area contributed by atoms with Crippen molar-refractivity contribution in [3.63, 3.8) is 0 Å². The Morgan fingerprint density at radius 1 is 1.44 bits per heavy atom. The number of aromatic nitrogens is 1. The molecule has 0 aliphatic heterocycles. The van der Waals surface area contributed by atoms with Crippen LogP contribution in [0.2, 0.25) is 0 Å². The average molecular weight is 302 g/mol. The summed E-state index contributed by atoms with van der Waals surface area (Å²) in [5, 5.41) is 0.910. The number of nitrogens with one attached hydrogen (secondary N) is 1. The molecule has 4 nitrogen and oxygen atoms in total. The summed E-state index contributed by atoms with van der Waals surface area (Å²) in [4.78, 5) is 3.53. The number of hydrogen-bond acceptors (Lipinski definition) is 5. The second-order valence-electron chi connectivity index (χ2n) is 3.87. The van der Waals surface area contributed by atoms with Gasteiger partial charge in [-0.3, -0.25) is 0 Å². The van der Waals surface area contributed by atoms with Crippen molar-refractivity contribution in [2.75, 3.05) is 13.3 Å². The lowest BCUT2D eigenvalue weighted by molar-refractivity contribution is -0.137. The third kappa shape index (κ3) is 3.42. The van der Waals surface area contributed by atoms with Gasteiger partial charge in [-0.2, -0.15) is 13.2 Å². The zero-order valence-corrected chi connectivity index (χ0v) is 11.6. The molecule has 9 heteroatoms. The lowest BCUT2D eigenvalue weighted by atomic mass is 10.2. The van der Waals surface area contributed by atoms with Gasteiger partial charge in [-0.25, -0.2) is 13.4 Å². The molecule has 1 heterocycles. The fourth-order valence-corrected chi connectivity index (χ4v) is 3.28. The van der Waals surface area contributed by atoms with Gasteiger partial charge in [-0.1, -0.05) is 0 Å². The molecule has 1 aromatic heterocycles. The summed E-state index contributed by atoms with van der Waals surface area (Å²) in [6, 6.07) is -0.700. The van der Waals surface area contributed by atoms with Gasteiger partial charge in [-0.05, 0) is 14.0 Å². The van der Waals surface area contributed by atoms with Gasteiger partial charge in [0, 0.05) is 17.3 Å². The highest BCUT2D eigenvalue weighted by Gasteiger charge is 2.36. The topological polar surface area (TPSA) is 59.1 Å². The molecule has 18 heavy (non-hydrogen) atoms. The number of halogens is 3. The van der Waals surface area contributed by atoms with Crippen LogP contribution in [0.5, 0.6) is 0 Å². The van der Waals surface area contributed by atoms with Gasteiger partial charge in [0.25, 0.3) is 0 Å². The summed E-state index contributed by atoms with van der Waals surface area (Å²) in [5.41, 5.74) is 0. The first-order valence-corrected chi connectivity index (χ1v) is 7.73. The first-order valence-electron chi connectivity index (χ1n) is 4.96. The Bertz CT molecular complexity index is 510. The van der Waals surface area contributed by atoms with Crippen LogP contribution in [0.1, 0.15) is 22.9 Å². The summed E-state index contributed by atoms with van der Waals surface area (Å²) in [6.45, 7) is 1.45. The Labute approximate surface area is 107 Å². The number of nitrogens with zero attached hydrogens (tertiary/aromatic N) is 1. The monoisotopic (exact) mass is 302 g/mol. The van der Waals surface area contributed by atoms with Gasteiger partial charge in [0.2, 0.25) is 0 Å². The molecule has 0 saturated carbocycles. The maximum atomic E-state index is 12.4. The third-order valence-electron chi connectivity index (χ3n) is 2.53. The van der Waals surface area contributed by atoms with Crippen LogP contribution >= 0.6 is 11.3 Å². The van der Waals surface area contributed by atoms with E-state index < -0.39 is 32.3 Å². The SMILES string of the molecule is CNC(c1cnc(C(F)(F)F)s1)C(C)S(C)(=O)=O. The first kappa shape index (κ1) is 15.4. The minimum atomic E-state index is -4.50. The lowest BCUT2D eigenvalue weighted by Crippen LogP contribution is -2.32. The third-order valence-corrected chi connectivity index (χ3v) is 5.28. The molecule has 0 amide bonds. The van der Waals surface area contributed by atoms with E-state index >= 15 is 0 Å². The van der Waals surface area contributed by atoms with Crippen molar-refractivity contribution in [3.8, 4) is 0 Å². The standard InChI is InChI=1S/C9H13F3N2O2S2/c1-5(18(3,15)16)7(13-2)6-4-14-8(17-6)9(10,11)12/h4-5,7,13H,1-3H3. The molecule has 0 aliphatic carbocycles. The van der Waals surface area contributed by atoms with Crippen LogP contribution in [0.3, 0.4) is 0 Å². The van der Waals surface area contributed by atoms with Crippen LogP contribution in [-0.2, 0) is 16.0 Å². The molecule has 2 unspecified atom stereocenters. The predicted molar refractivity (Wildman–Crippen MR) is 63.2 cm³/mol. The number of rotatable bonds is 4. The summed E-state index contributed by atoms with van der Waals surface area (Å²) >= 11 is 0.454. The highest BCUT2D eigenvalue weighted by atomic mass is 32.2. The van der Waals surface area contributed by atoms with Crippen LogP contribution in [0.15, 0.2) is 6.20 Å². The fourth-order valence-electron chi connectivity index (χ4n) is 1.42. The second-order valence-corrected chi connectivity index (χ2v) is 7.33. The predicted octanol–water partition coefficient (Wildman–Crippen LogP) is 1.86. The summed E-state index contributed by atoms with van der Waals surface area (Å²) in [6.07, 6.45) is -2.39. The molecule has 0 aromatic carbocycles. The van der Waals surface area contributed by atoms with E-state index in [0.717, 1.165) is 12.5 Å². The Hall–Kier alpha value is -0.670. The van der Waals surface area contributed by atoms with Crippen molar-refractivity contribution in [1.82, 2.24) is 10.3 Å². The summed E-state index contributed by atoms with van der Waals surface area (Å²) in [7, 11) is -1.85. The van der Waals surface area contributed by atoms with Gasteiger partial charge < -0.3 is 5.32 Å². The molecule has 0 spiro atoms. The average Bonchev–Trinajstić information content (AvgIpc) is 2.66. The van der Waals surface area contributed by atoms with Crippen LogP contribution in [0.25, 0.3) is 0 Å². The molecule has 0 bridgehead atoms. The molecule has 1 aromatic rings. The van der Waals surface area contributed by atoms with Crippen LogP contribution in [0.4, 0.5) is 13.2 Å². The van der Waals surface area contributed by atoms with Crippen LogP contribution < -0.4 is 5.32 Å². The smallest absolute Gasteiger partial charge is 0.311 e. The van der Waals surface area contributed by atoms with E-state index in [4.69, 9.17) is 0 Å². The zero-order valence-electron chi connectivity index (χ0n) is 9.95. The van der Waals surface area contributed by atoms with Gasteiger partial charge in [0.1, 0.15) is 0 Å². The van der Waals surface area contributed by atoms with Crippen LogP contribution in [0, 0.1) is 0 Å². The number of thiazole rings is 1. The van der Waals surface area contributed by atoms with Crippen molar-refractivity contribution in [1.29, 1.82) is 0 Å². The Balaban J connectivity index is 3.08. The molecule has 0 aliphatic rings. The first-order chi connectivity index (χ1) is 8.07. The minimum absolute atomic E-state index is 0.253. The van der Waals surface area contributed by atoms with Crippen molar-refractivity contribution >= 4 is 21.2 Å². The molecule has 0 radical (unpaired) electrons. The van der Waals surface area contributed by atoms with Gasteiger partial charge in [0.15, 0.2) is 14.8 Å². The van der Waals surface area contributed by atoms with E-state index in [-0.39, 0.29) is 4.88 Å². The Kier molecular flexibility index (Phi) is 4.39. The fraction of sp³-hybridized carbons (Fsp3) is 0.667. The largest absolute Gasteiger partial charge is 0.443 e. The van der Waals surface area contributed by atoms with Crippen molar-refractivity contribution in [3.05, 3.63) is 16.1 Å². The van der Waals surface area contributed by atoms with E-state index in [1.807, 2.05) is 0 Å². The normalized spacial score (nSPS) is 16.6. The molecule has 104 valence electrons. The highest BCUT2D eigenvalue weighted by Crippen LogP contribution is 2.35. The minimum Gasteiger partial charge on any atom is -0.311 e. The van der Waals surface area contributed by atoms with Crippen molar-refractivity contribution in [2.24, 2.45) is 0 Å². The zero-order chi connectivity index (χ0) is 14.1. The molecule has 1 rings (SSSR count). The number of hydrogen-bond donors (Lipinski definition) is 1. The molecule has 0 saturated heterocycles. The Morgan fingerprint density at radius 3 is 2.33 bits per heavy atom. The van der Waals surface area contributed by atoms with Gasteiger partial charge >= 0.3 is 6.18 Å². The quantitative estimate of drug-likeness (QED) is 0.922. The van der Waals surface area contributed by atoms with E-state index in [0.29, 0.717) is 11.3 Å². The molecular weight excluding hydrogens is 289 g/mol. The molecule has 2 atom stereocenters. The molecular formula is C9H13F3N2O2S2. The maximum Gasteiger partial charge on any atom is 0.443 e. The number of sulfone groups is 1. The van der Waals surface area contributed by atoms with E-state index in [9.17, 15) is 21.6 Å². The van der Waals surface area contributed by atoms with Gasteiger partial charge in [-0.15, -0.1) is 11.3 Å². The summed E-state index contributed by atoms with van der Waals surface area (Å²) < 4.78 is 60.1. The van der Waals surface area contributed by atoms with Crippen molar-refractivity contribution in [2.45, 2.75) is 24.4 Å². The van der Waals surface area contributed by atoms with Gasteiger partial charge in [0.05, 0.1) is 11.3 Å². The second kappa shape index (κ2) is 5.14. The van der Waals surface area contributed by atoms with E-state index in [2.05, 4.69) is 10.3 Å². The molecule has 0 fully saturated rings. The number of alkyl halides is 3. The Morgan fingerprint density at radius 2 is 2.00 bits per heavy atom. The van der Waals surface area contributed by atoms with Crippen LogP contribution in [-0.4, -0.2) is 32.0 Å². The van der Waals surface area contributed by atoms with Crippen molar-refractivity contribution < 1.29 is 21.6 Å². The molecule has 1 N–H and O–H groups in total. The highest BCUT2D eigenvalue weighted by molar-refractivity contribution is 7.91. The summed E-state index contributed by atoms with van der Waals surface area (Å²) in [5.74, 6) is 0. The maximum absolute atomic E-state index is 12.4. The lowest BCUT2D eigenvalue weighted by Gasteiger charge is -2.20. The van der Waals surface area contributed by atoms with E-state index in [1.165, 1.54) is 14.0 Å². The van der Waals surface area contributed by atoms with E-state index in [1.54, 1.807) is 0 Å².